The topological polar surface area (TPSA) is 84.3 Å². The number of carbonyl (C=O) groups excluding carboxylic acids is 1. The van der Waals surface area contributed by atoms with Crippen molar-refractivity contribution in [2.45, 2.75) is 57.9 Å². The van der Waals surface area contributed by atoms with Gasteiger partial charge in [-0.25, -0.2) is 13.1 Å². The highest BCUT2D eigenvalue weighted by atomic mass is 32.2. The summed E-state index contributed by atoms with van der Waals surface area (Å²) in [6.45, 7) is 9.21. The molecule has 0 bridgehead atoms. The Bertz CT molecular complexity index is 1270. The number of benzene rings is 2. The van der Waals surface area contributed by atoms with E-state index in [2.05, 4.69) is 24.3 Å². The van der Waals surface area contributed by atoms with Gasteiger partial charge in [0.1, 0.15) is 0 Å². The predicted octanol–water partition coefficient (Wildman–Crippen LogP) is 4.33. The molecule has 0 atom stereocenters. The van der Waals surface area contributed by atoms with Crippen LogP contribution in [-0.4, -0.2) is 41.5 Å². The summed E-state index contributed by atoms with van der Waals surface area (Å²) in [5, 5.41) is 7.70. The average molecular weight is 495 g/mol. The van der Waals surface area contributed by atoms with Crippen molar-refractivity contribution in [2.24, 2.45) is 5.92 Å². The van der Waals surface area contributed by atoms with Crippen LogP contribution in [0, 0.1) is 19.8 Å². The van der Waals surface area contributed by atoms with Crippen LogP contribution >= 0.6 is 0 Å². The first kappa shape index (κ1) is 25.1. The summed E-state index contributed by atoms with van der Waals surface area (Å²) < 4.78 is 29.5. The third-order valence-electron chi connectivity index (χ3n) is 6.89. The van der Waals surface area contributed by atoms with E-state index >= 15 is 0 Å². The quantitative estimate of drug-likeness (QED) is 0.530. The molecule has 0 radical (unpaired) electrons. The molecule has 2 heterocycles. The maximum Gasteiger partial charge on any atom is 0.243 e. The molecule has 1 amide bonds. The van der Waals surface area contributed by atoms with Gasteiger partial charge in [0.2, 0.25) is 15.9 Å². The van der Waals surface area contributed by atoms with E-state index in [-0.39, 0.29) is 11.8 Å². The van der Waals surface area contributed by atoms with Crippen molar-refractivity contribution in [1.82, 2.24) is 19.4 Å². The van der Waals surface area contributed by atoms with Crippen LogP contribution in [0.25, 0.3) is 5.69 Å². The van der Waals surface area contributed by atoms with Crippen LogP contribution < -0.4 is 5.32 Å². The van der Waals surface area contributed by atoms with Crippen molar-refractivity contribution >= 4 is 15.9 Å². The molecule has 2 aromatic carbocycles. The molecule has 186 valence electrons. The Hall–Kier alpha value is -2.97. The van der Waals surface area contributed by atoms with E-state index in [9.17, 15) is 13.2 Å². The smallest absolute Gasteiger partial charge is 0.243 e. The highest BCUT2D eigenvalue weighted by molar-refractivity contribution is 7.89. The first-order valence-electron chi connectivity index (χ1n) is 12.2. The van der Waals surface area contributed by atoms with Gasteiger partial charge in [0.25, 0.3) is 0 Å². The van der Waals surface area contributed by atoms with Gasteiger partial charge in [-0.15, -0.1) is 0 Å². The summed E-state index contributed by atoms with van der Waals surface area (Å²) >= 11 is 0. The molecule has 35 heavy (non-hydrogen) atoms. The number of amides is 1. The van der Waals surface area contributed by atoms with Crippen molar-refractivity contribution in [3.8, 4) is 5.69 Å². The van der Waals surface area contributed by atoms with Gasteiger partial charge in [-0.3, -0.25) is 4.79 Å². The van der Waals surface area contributed by atoms with Crippen molar-refractivity contribution in [3.63, 3.8) is 0 Å². The van der Waals surface area contributed by atoms with E-state index in [1.807, 2.05) is 61.0 Å². The Kier molecular flexibility index (Phi) is 7.42. The number of nitrogens with zero attached hydrogens (tertiary/aromatic N) is 3. The fourth-order valence-electron chi connectivity index (χ4n) is 4.60. The van der Waals surface area contributed by atoms with E-state index < -0.39 is 10.0 Å². The monoisotopic (exact) mass is 494 g/mol. The maximum absolute atomic E-state index is 13.1. The summed E-state index contributed by atoms with van der Waals surface area (Å²) in [4.78, 5) is 13.2. The van der Waals surface area contributed by atoms with Crippen LogP contribution in [0.5, 0.6) is 0 Å². The lowest BCUT2D eigenvalue weighted by Crippen LogP contribution is -2.42. The number of carbonyl (C=O) groups is 1. The molecule has 1 aromatic heterocycles. The minimum atomic E-state index is -3.55. The molecule has 0 spiro atoms. The number of sulfonamides is 1. The summed E-state index contributed by atoms with van der Waals surface area (Å²) in [6, 6.07) is 17.0. The van der Waals surface area contributed by atoms with Crippen LogP contribution in [0.1, 0.15) is 55.1 Å². The molecule has 1 aliphatic heterocycles. The first-order valence-corrected chi connectivity index (χ1v) is 13.6. The third kappa shape index (κ3) is 5.33. The van der Waals surface area contributed by atoms with Crippen molar-refractivity contribution in [2.75, 3.05) is 13.1 Å². The molecule has 1 saturated heterocycles. The van der Waals surface area contributed by atoms with Gasteiger partial charge in [-0.2, -0.15) is 9.40 Å². The van der Waals surface area contributed by atoms with Crippen molar-refractivity contribution < 1.29 is 13.2 Å². The lowest BCUT2D eigenvalue weighted by Gasteiger charge is -2.30. The highest BCUT2D eigenvalue weighted by Crippen LogP contribution is 2.26. The molecular formula is C27H34N4O3S. The first-order chi connectivity index (χ1) is 16.7. The normalized spacial score (nSPS) is 15.5. The maximum atomic E-state index is 13.1. The highest BCUT2D eigenvalue weighted by Gasteiger charge is 2.32. The molecule has 8 heteroatoms. The standard InChI is InChI=1S/C27H34N4O3S/c1-19(2)22-10-12-25(13-11-22)35(33,34)30-16-14-23(15-17-30)27(32)28-18-26-20(3)29-31(21(26)4)24-8-6-5-7-9-24/h5-13,19,23H,14-18H2,1-4H3,(H,28,32). The zero-order valence-corrected chi connectivity index (χ0v) is 21.7. The second kappa shape index (κ2) is 10.3. The minimum Gasteiger partial charge on any atom is -0.352 e. The van der Waals surface area contributed by atoms with Gasteiger partial charge < -0.3 is 5.32 Å². The van der Waals surface area contributed by atoms with Crippen LogP contribution in [0.4, 0.5) is 0 Å². The van der Waals surface area contributed by atoms with Gasteiger partial charge in [-0.1, -0.05) is 44.2 Å². The molecular weight excluding hydrogens is 460 g/mol. The second-order valence-corrected chi connectivity index (χ2v) is 11.5. The van der Waals surface area contributed by atoms with Gasteiger partial charge in [-0.05, 0) is 62.4 Å². The lowest BCUT2D eigenvalue weighted by atomic mass is 9.97. The number of piperidine rings is 1. The summed E-state index contributed by atoms with van der Waals surface area (Å²) in [5.41, 5.74) is 4.98. The third-order valence-corrected chi connectivity index (χ3v) is 8.80. The van der Waals surface area contributed by atoms with Crippen molar-refractivity contribution in [1.29, 1.82) is 0 Å². The largest absolute Gasteiger partial charge is 0.352 e. The van der Waals surface area contributed by atoms with Gasteiger partial charge in [0.05, 0.1) is 16.3 Å². The van der Waals surface area contributed by atoms with Crippen LogP contribution in [-0.2, 0) is 21.4 Å². The Morgan fingerprint density at radius 2 is 1.66 bits per heavy atom. The van der Waals surface area contributed by atoms with E-state index in [4.69, 9.17) is 0 Å². The number of hydrogen-bond acceptors (Lipinski definition) is 4. The second-order valence-electron chi connectivity index (χ2n) is 9.52. The van der Waals surface area contributed by atoms with E-state index in [1.165, 1.54) is 4.31 Å². The minimum absolute atomic E-state index is 0.0328. The van der Waals surface area contributed by atoms with E-state index in [1.54, 1.807) is 12.1 Å². The molecule has 1 N–H and O–H groups in total. The molecule has 1 fully saturated rings. The Morgan fingerprint density at radius 1 is 1.03 bits per heavy atom. The average Bonchev–Trinajstić information content (AvgIpc) is 3.16. The zero-order valence-electron chi connectivity index (χ0n) is 20.9. The van der Waals surface area contributed by atoms with Crippen LogP contribution in [0.15, 0.2) is 59.5 Å². The Balaban J connectivity index is 1.35. The number of nitrogens with one attached hydrogen (secondary N) is 1. The van der Waals surface area contributed by atoms with Crippen molar-refractivity contribution in [3.05, 3.63) is 77.1 Å². The molecule has 0 unspecified atom stereocenters. The van der Waals surface area contributed by atoms with E-state index in [0.29, 0.717) is 43.3 Å². The molecule has 4 rings (SSSR count). The molecule has 0 aliphatic carbocycles. The fourth-order valence-corrected chi connectivity index (χ4v) is 6.07. The van der Waals surface area contributed by atoms with Crippen LogP contribution in [0.2, 0.25) is 0 Å². The fraction of sp³-hybridized carbons (Fsp3) is 0.407. The Labute approximate surface area is 208 Å². The summed E-state index contributed by atoms with van der Waals surface area (Å²) in [6.07, 6.45) is 1.02. The van der Waals surface area contributed by atoms with E-state index in [0.717, 1.165) is 28.2 Å². The number of rotatable bonds is 7. The van der Waals surface area contributed by atoms with Gasteiger partial charge in [0.15, 0.2) is 0 Å². The SMILES string of the molecule is Cc1nn(-c2ccccc2)c(C)c1CNC(=O)C1CCN(S(=O)(=O)c2ccc(C(C)C)cc2)CC1. The number of para-hydroxylation sites is 1. The van der Waals surface area contributed by atoms with Gasteiger partial charge in [0, 0.05) is 36.8 Å². The number of aryl methyl sites for hydroxylation is 1. The van der Waals surface area contributed by atoms with Crippen LogP contribution in [0.3, 0.4) is 0 Å². The zero-order chi connectivity index (χ0) is 25.2. The molecule has 3 aromatic rings. The predicted molar refractivity (Wildman–Crippen MR) is 137 cm³/mol. The Morgan fingerprint density at radius 3 is 2.26 bits per heavy atom. The molecule has 7 nitrogen and oxygen atoms in total. The number of hydrogen-bond donors (Lipinski definition) is 1. The molecule has 1 aliphatic rings. The number of aromatic nitrogens is 2. The van der Waals surface area contributed by atoms with Gasteiger partial charge >= 0.3 is 0 Å². The molecule has 0 saturated carbocycles. The lowest BCUT2D eigenvalue weighted by molar-refractivity contribution is -0.126. The summed E-state index contributed by atoms with van der Waals surface area (Å²) in [7, 11) is -3.55. The summed E-state index contributed by atoms with van der Waals surface area (Å²) in [5.74, 6) is 0.116.